The first-order valence-electron chi connectivity index (χ1n) is 7.60. The van der Waals surface area contributed by atoms with Gasteiger partial charge in [0.2, 0.25) is 0 Å². The van der Waals surface area contributed by atoms with Crippen molar-refractivity contribution in [3.05, 3.63) is 23.9 Å². The van der Waals surface area contributed by atoms with Crippen LogP contribution in [0.25, 0.3) is 0 Å². The zero-order valence-corrected chi connectivity index (χ0v) is 14.1. The smallest absolute Gasteiger partial charge is 0.413 e. The lowest BCUT2D eigenvalue weighted by molar-refractivity contribution is -0.146. The molecule has 0 fully saturated rings. The van der Waals surface area contributed by atoms with Crippen molar-refractivity contribution in [2.24, 2.45) is 4.99 Å². The summed E-state index contributed by atoms with van der Waals surface area (Å²) in [6.07, 6.45) is 1.36. The van der Waals surface area contributed by atoms with Gasteiger partial charge in [-0.1, -0.05) is 0 Å². The molecule has 0 aliphatic carbocycles. The molecule has 1 aliphatic rings. The standard InChI is InChI=1S/C16H21N3O5/c1-5-22-14(20)11-12(23-9-18-11)10-7-6-8-17-13(10)19-15(21)24-16(2,3)4/h6-9,11-12H,5H2,1-4H3,(H,17,19,21). The molecule has 0 spiro atoms. The van der Waals surface area contributed by atoms with Gasteiger partial charge in [0.25, 0.3) is 0 Å². The first-order chi connectivity index (χ1) is 11.3. The van der Waals surface area contributed by atoms with Gasteiger partial charge in [0.1, 0.15) is 11.4 Å². The van der Waals surface area contributed by atoms with Gasteiger partial charge in [-0.05, 0) is 39.8 Å². The topological polar surface area (TPSA) is 99.1 Å². The SMILES string of the molecule is CCOC(=O)C1N=COC1c1cccnc1NC(=O)OC(C)(C)C. The van der Waals surface area contributed by atoms with Gasteiger partial charge in [0.05, 0.1) is 6.61 Å². The molecule has 1 aromatic rings. The molecule has 0 saturated carbocycles. The number of nitrogens with zero attached hydrogens (tertiary/aromatic N) is 2. The highest BCUT2D eigenvalue weighted by molar-refractivity contribution is 5.86. The van der Waals surface area contributed by atoms with E-state index >= 15 is 0 Å². The maximum Gasteiger partial charge on any atom is 0.413 e. The molecule has 24 heavy (non-hydrogen) atoms. The van der Waals surface area contributed by atoms with Crippen molar-refractivity contribution in [1.29, 1.82) is 0 Å². The van der Waals surface area contributed by atoms with Crippen LogP contribution in [0.1, 0.15) is 39.4 Å². The Bertz CT molecular complexity index is 639. The second-order valence-electron chi connectivity index (χ2n) is 6.08. The van der Waals surface area contributed by atoms with E-state index in [2.05, 4.69) is 15.3 Å². The first-order valence-corrected chi connectivity index (χ1v) is 7.60. The molecule has 2 rings (SSSR count). The van der Waals surface area contributed by atoms with Gasteiger partial charge in [-0.2, -0.15) is 0 Å². The number of rotatable bonds is 4. The molecule has 0 saturated heterocycles. The largest absolute Gasteiger partial charge is 0.473 e. The molecule has 0 radical (unpaired) electrons. The molecule has 1 amide bonds. The second-order valence-corrected chi connectivity index (χ2v) is 6.08. The van der Waals surface area contributed by atoms with E-state index in [0.29, 0.717) is 5.56 Å². The number of aliphatic imine (C=N–C) groups is 1. The van der Waals surface area contributed by atoms with Crippen LogP contribution in [-0.2, 0) is 19.0 Å². The summed E-state index contributed by atoms with van der Waals surface area (Å²) in [7, 11) is 0. The molecule has 2 unspecified atom stereocenters. The molecule has 1 N–H and O–H groups in total. The van der Waals surface area contributed by atoms with E-state index < -0.39 is 29.8 Å². The number of anilines is 1. The summed E-state index contributed by atoms with van der Waals surface area (Å²) in [6, 6.07) is 2.54. The van der Waals surface area contributed by atoms with Crippen molar-refractivity contribution >= 4 is 24.3 Å². The minimum absolute atomic E-state index is 0.244. The van der Waals surface area contributed by atoms with E-state index in [-0.39, 0.29) is 12.4 Å². The summed E-state index contributed by atoms with van der Waals surface area (Å²) in [5, 5.41) is 2.58. The number of amides is 1. The van der Waals surface area contributed by atoms with Crippen LogP contribution < -0.4 is 5.32 Å². The van der Waals surface area contributed by atoms with Crippen LogP contribution in [0, 0.1) is 0 Å². The first kappa shape index (κ1) is 17.7. The van der Waals surface area contributed by atoms with E-state index in [0.717, 1.165) is 0 Å². The highest BCUT2D eigenvalue weighted by Gasteiger charge is 2.37. The fourth-order valence-corrected chi connectivity index (χ4v) is 2.13. The lowest BCUT2D eigenvalue weighted by Crippen LogP contribution is -2.30. The van der Waals surface area contributed by atoms with Gasteiger partial charge < -0.3 is 14.2 Å². The number of pyridine rings is 1. The zero-order valence-electron chi connectivity index (χ0n) is 14.1. The number of carbonyl (C=O) groups is 2. The third-order valence-electron chi connectivity index (χ3n) is 3.01. The quantitative estimate of drug-likeness (QED) is 0.849. The van der Waals surface area contributed by atoms with Crippen LogP contribution in [0.5, 0.6) is 0 Å². The van der Waals surface area contributed by atoms with Gasteiger partial charge >= 0.3 is 12.1 Å². The second kappa shape index (κ2) is 7.29. The Hall–Kier alpha value is -2.64. The summed E-state index contributed by atoms with van der Waals surface area (Å²) < 4.78 is 15.6. The van der Waals surface area contributed by atoms with Gasteiger partial charge in [-0.25, -0.2) is 19.6 Å². The summed E-state index contributed by atoms with van der Waals surface area (Å²) in [6.45, 7) is 7.24. The molecular weight excluding hydrogens is 314 g/mol. The fraction of sp³-hybridized carbons (Fsp3) is 0.500. The Morgan fingerprint density at radius 2 is 2.12 bits per heavy atom. The van der Waals surface area contributed by atoms with Crippen LogP contribution >= 0.6 is 0 Å². The van der Waals surface area contributed by atoms with Gasteiger partial charge in [0.15, 0.2) is 18.5 Å². The summed E-state index contributed by atoms with van der Waals surface area (Å²) in [5.74, 6) is -0.250. The number of aromatic nitrogens is 1. The van der Waals surface area contributed by atoms with Crippen molar-refractivity contribution in [2.45, 2.75) is 45.4 Å². The minimum Gasteiger partial charge on any atom is -0.473 e. The van der Waals surface area contributed by atoms with Gasteiger partial charge in [-0.15, -0.1) is 0 Å². The molecule has 0 aromatic carbocycles. The predicted molar refractivity (Wildman–Crippen MR) is 86.8 cm³/mol. The molecule has 1 aliphatic heterocycles. The van der Waals surface area contributed by atoms with Crippen molar-refractivity contribution < 1.29 is 23.8 Å². The Balaban J connectivity index is 2.19. The average Bonchev–Trinajstić information content (AvgIpc) is 2.95. The van der Waals surface area contributed by atoms with E-state index in [1.165, 1.54) is 12.6 Å². The van der Waals surface area contributed by atoms with Gasteiger partial charge in [-0.3, -0.25) is 5.32 Å². The highest BCUT2D eigenvalue weighted by atomic mass is 16.6. The molecule has 1 aromatic heterocycles. The monoisotopic (exact) mass is 335 g/mol. The van der Waals surface area contributed by atoms with Crippen LogP contribution in [0.3, 0.4) is 0 Å². The number of nitrogens with one attached hydrogen (secondary N) is 1. The van der Waals surface area contributed by atoms with Crippen molar-refractivity contribution in [1.82, 2.24) is 4.98 Å². The summed E-state index contributed by atoms with van der Waals surface area (Å²) in [4.78, 5) is 32.1. The number of hydrogen-bond acceptors (Lipinski definition) is 7. The van der Waals surface area contributed by atoms with Crippen molar-refractivity contribution in [2.75, 3.05) is 11.9 Å². The summed E-state index contributed by atoms with van der Waals surface area (Å²) >= 11 is 0. The summed E-state index contributed by atoms with van der Waals surface area (Å²) in [5.41, 5.74) is -0.127. The Morgan fingerprint density at radius 1 is 1.38 bits per heavy atom. The number of esters is 1. The third-order valence-corrected chi connectivity index (χ3v) is 3.01. The minimum atomic E-state index is -0.840. The van der Waals surface area contributed by atoms with Crippen molar-refractivity contribution in [3.8, 4) is 0 Å². The average molecular weight is 335 g/mol. The number of ether oxygens (including phenoxy) is 3. The fourth-order valence-electron chi connectivity index (χ4n) is 2.13. The molecule has 8 nitrogen and oxygen atoms in total. The molecule has 2 heterocycles. The zero-order chi connectivity index (χ0) is 17.7. The molecule has 130 valence electrons. The van der Waals surface area contributed by atoms with E-state index in [9.17, 15) is 9.59 Å². The Labute approximate surface area is 140 Å². The van der Waals surface area contributed by atoms with Crippen LogP contribution in [0.2, 0.25) is 0 Å². The van der Waals surface area contributed by atoms with E-state index in [4.69, 9.17) is 14.2 Å². The van der Waals surface area contributed by atoms with E-state index in [1.807, 2.05) is 0 Å². The van der Waals surface area contributed by atoms with E-state index in [1.54, 1.807) is 39.8 Å². The Kier molecular flexibility index (Phi) is 5.38. The normalized spacial score (nSPS) is 19.5. The molecule has 2 atom stereocenters. The lowest BCUT2D eigenvalue weighted by atomic mass is 10.0. The molecule has 8 heteroatoms. The maximum absolute atomic E-state index is 12.0. The number of carbonyl (C=O) groups excluding carboxylic acids is 2. The van der Waals surface area contributed by atoms with Crippen LogP contribution in [0.15, 0.2) is 23.3 Å². The van der Waals surface area contributed by atoms with Crippen LogP contribution in [0.4, 0.5) is 10.6 Å². The van der Waals surface area contributed by atoms with Gasteiger partial charge in [0, 0.05) is 11.8 Å². The van der Waals surface area contributed by atoms with Crippen LogP contribution in [-0.4, -0.2) is 41.7 Å². The maximum atomic E-state index is 12.0. The molecule has 0 bridgehead atoms. The molecular formula is C16H21N3O5. The predicted octanol–water partition coefficient (Wildman–Crippen LogP) is 2.46. The highest BCUT2D eigenvalue weighted by Crippen LogP contribution is 2.31. The lowest BCUT2D eigenvalue weighted by Gasteiger charge is -2.21. The third kappa shape index (κ3) is 4.43. The van der Waals surface area contributed by atoms with Crippen molar-refractivity contribution in [3.63, 3.8) is 0 Å². The number of hydrogen-bond donors (Lipinski definition) is 1. The Morgan fingerprint density at radius 3 is 2.79 bits per heavy atom.